The average Bonchev–Trinajstić information content (AvgIpc) is 3.12. The lowest BCUT2D eigenvalue weighted by Crippen LogP contribution is -2.41. The number of H-pyrrole nitrogens is 1. The molecule has 0 aliphatic carbocycles. The van der Waals surface area contributed by atoms with E-state index in [2.05, 4.69) is 25.3 Å². The van der Waals surface area contributed by atoms with Gasteiger partial charge in [-0.15, -0.1) is 0 Å². The summed E-state index contributed by atoms with van der Waals surface area (Å²) in [5, 5.41) is 5.26. The Balaban J connectivity index is 1.50. The van der Waals surface area contributed by atoms with E-state index < -0.39 is 10.0 Å². The minimum absolute atomic E-state index is 0.108. The molecule has 1 saturated heterocycles. The van der Waals surface area contributed by atoms with Crippen LogP contribution in [0, 0.1) is 5.82 Å². The Bertz CT molecular complexity index is 1380. The monoisotopic (exact) mass is 440 g/mol. The highest BCUT2D eigenvalue weighted by molar-refractivity contribution is 7.88. The van der Waals surface area contributed by atoms with Gasteiger partial charge < -0.3 is 10.3 Å². The molecule has 8 nitrogen and oxygen atoms in total. The van der Waals surface area contributed by atoms with E-state index in [0.717, 1.165) is 21.9 Å². The summed E-state index contributed by atoms with van der Waals surface area (Å²) in [5.41, 5.74) is 3.14. The van der Waals surface area contributed by atoms with Crippen molar-refractivity contribution in [1.29, 1.82) is 0 Å². The van der Waals surface area contributed by atoms with Gasteiger partial charge in [0.1, 0.15) is 23.6 Å². The van der Waals surface area contributed by atoms with Gasteiger partial charge >= 0.3 is 0 Å². The molecule has 1 aliphatic heterocycles. The number of sulfonamides is 1. The van der Waals surface area contributed by atoms with E-state index in [-0.39, 0.29) is 11.9 Å². The van der Waals surface area contributed by atoms with Crippen LogP contribution in [0.15, 0.2) is 43.0 Å². The lowest BCUT2D eigenvalue weighted by atomic mass is 10.0. The third-order valence-corrected chi connectivity index (χ3v) is 6.99. The minimum Gasteiger partial charge on any atom is -0.367 e. The predicted molar refractivity (Wildman–Crippen MR) is 118 cm³/mol. The largest absolute Gasteiger partial charge is 0.367 e. The molecule has 10 heteroatoms. The van der Waals surface area contributed by atoms with Crippen LogP contribution in [0.5, 0.6) is 0 Å². The number of nitrogens with zero attached hydrogens (tertiary/aromatic N) is 4. The molecule has 4 heterocycles. The van der Waals surface area contributed by atoms with Gasteiger partial charge in [0.2, 0.25) is 10.0 Å². The number of fused-ring (bicyclic) bond motifs is 3. The summed E-state index contributed by atoms with van der Waals surface area (Å²) in [7, 11) is -3.17. The van der Waals surface area contributed by atoms with Crippen molar-refractivity contribution in [3.05, 3.63) is 48.8 Å². The van der Waals surface area contributed by atoms with Crippen LogP contribution in [-0.2, 0) is 10.0 Å². The quantitative estimate of drug-likeness (QED) is 0.505. The minimum atomic E-state index is -3.17. The van der Waals surface area contributed by atoms with E-state index in [0.29, 0.717) is 43.0 Å². The Hall–Kier alpha value is -3.11. The number of hydrogen-bond donors (Lipinski definition) is 2. The summed E-state index contributed by atoms with van der Waals surface area (Å²) in [6.07, 6.45) is 6.95. The zero-order valence-electron chi connectivity index (χ0n) is 16.8. The fraction of sp³-hybridized carbons (Fsp3) is 0.286. The van der Waals surface area contributed by atoms with Gasteiger partial charge in [-0.2, -0.15) is 0 Å². The predicted octanol–water partition coefficient (Wildman–Crippen LogP) is 3.15. The van der Waals surface area contributed by atoms with Gasteiger partial charge in [0, 0.05) is 41.8 Å². The Morgan fingerprint density at radius 2 is 1.94 bits per heavy atom. The maximum atomic E-state index is 13.6. The number of halogens is 1. The van der Waals surface area contributed by atoms with Crippen LogP contribution >= 0.6 is 0 Å². The molecule has 0 bridgehead atoms. The number of benzene rings is 1. The van der Waals surface area contributed by atoms with Crippen LogP contribution in [0.3, 0.4) is 0 Å². The van der Waals surface area contributed by atoms with E-state index in [1.54, 1.807) is 6.20 Å². The van der Waals surface area contributed by atoms with Crippen molar-refractivity contribution >= 4 is 37.8 Å². The molecule has 2 N–H and O–H groups in total. The molecule has 0 radical (unpaired) electrons. The van der Waals surface area contributed by atoms with Crippen LogP contribution in [0.4, 0.5) is 10.2 Å². The fourth-order valence-electron chi connectivity index (χ4n) is 4.11. The Kier molecular flexibility index (Phi) is 4.82. The molecule has 0 unspecified atom stereocenters. The maximum absolute atomic E-state index is 13.6. The molecule has 1 fully saturated rings. The normalized spacial score (nSPS) is 16.2. The van der Waals surface area contributed by atoms with Crippen LogP contribution < -0.4 is 5.32 Å². The summed E-state index contributed by atoms with van der Waals surface area (Å²) < 4.78 is 38.7. The van der Waals surface area contributed by atoms with Crippen molar-refractivity contribution in [3.63, 3.8) is 0 Å². The highest BCUT2D eigenvalue weighted by atomic mass is 32.2. The van der Waals surface area contributed by atoms with Gasteiger partial charge in [-0.25, -0.2) is 27.1 Å². The first-order chi connectivity index (χ1) is 14.9. The number of anilines is 1. The van der Waals surface area contributed by atoms with Crippen LogP contribution in [0.25, 0.3) is 33.1 Å². The van der Waals surface area contributed by atoms with Crippen molar-refractivity contribution in [3.8, 4) is 11.1 Å². The van der Waals surface area contributed by atoms with Crippen molar-refractivity contribution in [1.82, 2.24) is 24.2 Å². The lowest BCUT2D eigenvalue weighted by Gasteiger charge is -2.31. The second-order valence-corrected chi connectivity index (χ2v) is 9.79. The van der Waals surface area contributed by atoms with Gasteiger partial charge in [0.05, 0.1) is 17.8 Å². The molecule has 5 rings (SSSR count). The third-order valence-electron chi connectivity index (χ3n) is 5.69. The summed E-state index contributed by atoms with van der Waals surface area (Å²) >= 11 is 0. The summed E-state index contributed by atoms with van der Waals surface area (Å²) in [6, 6.07) is 7.39. The third kappa shape index (κ3) is 3.84. The molecular formula is C21H21FN6O2S. The zero-order chi connectivity index (χ0) is 21.6. The van der Waals surface area contributed by atoms with Crippen molar-refractivity contribution in [2.75, 3.05) is 24.7 Å². The van der Waals surface area contributed by atoms with Crippen LogP contribution in [0.2, 0.25) is 0 Å². The van der Waals surface area contributed by atoms with Gasteiger partial charge in [0.15, 0.2) is 0 Å². The molecule has 160 valence electrons. The summed E-state index contributed by atoms with van der Waals surface area (Å²) in [4.78, 5) is 16.1. The molecule has 0 atom stereocenters. The van der Waals surface area contributed by atoms with Crippen molar-refractivity contribution in [2.45, 2.75) is 18.9 Å². The topological polar surface area (TPSA) is 104 Å². The molecule has 31 heavy (non-hydrogen) atoms. The molecule has 0 spiro atoms. The standard InChI is InChI=1S/C21H21FN6O2S/c1-31(29,30)28-6-4-16(5-7-28)26-20-19-17-9-13(14-8-15(22)11-23-10-14)2-3-18(17)27-21(19)25-12-24-20/h2-3,8-12,16H,4-7H2,1H3,(H2,24,25,26,27). The number of hydrogen-bond acceptors (Lipinski definition) is 6. The number of nitrogens with one attached hydrogen (secondary N) is 2. The highest BCUT2D eigenvalue weighted by Crippen LogP contribution is 2.33. The molecule has 0 saturated carbocycles. The van der Waals surface area contributed by atoms with E-state index in [1.807, 2.05) is 18.2 Å². The van der Waals surface area contributed by atoms with E-state index in [4.69, 9.17) is 0 Å². The smallest absolute Gasteiger partial charge is 0.211 e. The second-order valence-electron chi connectivity index (χ2n) is 7.80. The zero-order valence-corrected chi connectivity index (χ0v) is 17.7. The maximum Gasteiger partial charge on any atom is 0.211 e. The molecular weight excluding hydrogens is 419 g/mol. The number of pyridine rings is 1. The van der Waals surface area contributed by atoms with E-state index in [9.17, 15) is 12.8 Å². The first kappa shape index (κ1) is 19.8. The molecule has 0 amide bonds. The summed E-state index contributed by atoms with van der Waals surface area (Å²) in [6.45, 7) is 0.963. The van der Waals surface area contributed by atoms with Crippen LogP contribution in [-0.4, -0.2) is 58.0 Å². The van der Waals surface area contributed by atoms with Gasteiger partial charge in [-0.1, -0.05) is 6.07 Å². The van der Waals surface area contributed by atoms with Crippen LogP contribution in [0.1, 0.15) is 12.8 Å². The second kappa shape index (κ2) is 7.54. The molecule has 3 aromatic heterocycles. The Morgan fingerprint density at radius 1 is 1.13 bits per heavy atom. The average molecular weight is 441 g/mol. The summed E-state index contributed by atoms with van der Waals surface area (Å²) in [5.74, 6) is 0.311. The van der Waals surface area contributed by atoms with Gasteiger partial charge in [0.25, 0.3) is 0 Å². The Morgan fingerprint density at radius 3 is 2.68 bits per heavy atom. The number of piperidine rings is 1. The molecule has 4 aromatic rings. The molecule has 1 aromatic carbocycles. The number of aromatic amines is 1. The van der Waals surface area contributed by atoms with Gasteiger partial charge in [-0.05, 0) is 36.6 Å². The van der Waals surface area contributed by atoms with Crippen molar-refractivity contribution in [2.24, 2.45) is 0 Å². The highest BCUT2D eigenvalue weighted by Gasteiger charge is 2.25. The Labute approximate surface area is 178 Å². The van der Waals surface area contributed by atoms with Crippen molar-refractivity contribution < 1.29 is 12.8 Å². The van der Waals surface area contributed by atoms with Gasteiger partial charge in [-0.3, -0.25) is 4.98 Å². The lowest BCUT2D eigenvalue weighted by molar-refractivity contribution is 0.331. The first-order valence-corrected chi connectivity index (χ1v) is 11.8. The first-order valence-electron chi connectivity index (χ1n) is 9.97. The van der Waals surface area contributed by atoms with E-state index in [1.165, 1.54) is 29.2 Å². The molecule has 1 aliphatic rings. The fourth-order valence-corrected chi connectivity index (χ4v) is 4.98. The number of aromatic nitrogens is 4. The SMILES string of the molecule is CS(=O)(=O)N1CCC(Nc2ncnc3[nH]c4ccc(-c5cncc(F)c5)cc4c23)CC1. The number of rotatable bonds is 4. The van der Waals surface area contributed by atoms with E-state index >= 15 is 0 Å².